The van der Waals surface area contributed by atoms with Gasteiger partial charge in [0.2, 0.25) is 0 Å². The quantitative estimate of drug-likeness (QED) is 0.509. The van der Waals surface area contributed by atoms with Gasteiger partial charge in [0.25, 0.3) is 11.8 Å². The summed E-state index contributed by atoms with van der Waals surface area (Å²) in [6.45, 7) is 2.51. The van der Waals surface area contributed by atoms with E-state index in [2.05, 4.69) is 0 Å². The highest BCUT2D eigenvalue weighted by atomic mass is 19.1. The van der Waals surface area contributed by atoms with E-state index in [1.807, 2.05) is 42.2 Å². The number of hydrogen-bond donors (Lipinski definition) is 0. The molecule has 1 heterocycles. The fourth-order valence-corrected chi connectivity index (χ4v) is 4.59. The number of carbonyl (C=O) groups excluding carboxylic acids is 2. The van der Waals surface area contributed by atoms with Crippen LogP contribution in [0.5, 0.6) is 0 Å². The zero-order valence-corrected chi connectivity index (χ0v) is 17.3. The molecule has 30 heavy (non-hydrogen) atoms. The number of carbonyl (C=O) groups is 2. The number of benzene rings is 2. The van der Waals surface area contributed by atoms with Crippen LogP contribution in [0.1, 0.15) is 51.0 Å². The average molecular weight is 407 g/mol. The third kappa shape index (κ3) is 3.76. The van der Waals surface area contributed by atoms with Gasteiger partial charge in [0.1, 0.15) is 11.5 Å². The second-order valence-corrected chi connectivity index (χ2v) is 7.94. The van der Waals surface area contributed by atoms with E-state index in [-0.39, 0.29) is 23.7 Å². The van der Waals surface area contributed by atoms with E-state index < -0.39 is 0 Å². The lowest BCUT2D eigenvalue weighted by molar-refractivity contribution is -0.139. The summed E-state index contributed by atoms with van der Waals surface area (Å²) in [4.78, 5) is 30.7. The molecule has 4 rings (SSSR count). The summed E-state index contributed by atoms with van der Waals surface area (Å²) in [6, 6.07) is 15.4. The lowest BCUT2D eigenvalue weighted by atomic mass is 10.0. The van der Waals surface area contributed by atoms with Crippen LogP contribution in [0, 0.1) is 5.82 Å². The van der Waals surface area contributed by atoms with Crippen LogP contribution in [0.2, 0.25) is 0 Å². The summed E-state index contributed by atoms with van der Waals surface area (Å²) < 4.78 is 13.6. The molecule has 5 heteroatoms. The summed E-state index contributed by atoms with van der Waals surface area (Å²) in [7, 11) is 0. The Kier molecular flexibility index (Phi) is 5.98. The van der Waals surface area contributed by atoms with Gasteiger partial charge in [0.15, 0.2) is 0 Å². The molecule has 4 nitrogen and oxygen atoms in total. The van der Waals surface area contributed by atoms with Gasteiger partial charge in [0, 0.05) is 18.3 Å². The van der Waals surface area contributed by atoms with Crippen LogP contribution in [0.25, 0.3) is 5.57 Å². The second kappa shape index (κ2) is 8.82. The molecule has 0 bridgehead atoms. The molecule has 0 radical (unpaired) electrons. The first-order valence-corrected chi connectivity index (χ1v) is 10.8. The van der Waals surface area contributed by atoms with Gasteiger partial charge in [-0.15, -0.1) is 0 Å². The molecule has 0 saturated heterocycles. The molecule has 0 N–H and O–H groups in total. The van der Waals surface area contributed by atoms with Crippen molar-refractivity contribution in [1.82, 2.24) is 4.90 Å². The third-order valence-corrected chi connectivity index (χ3v) is 6.07. The number of imide groups is 1. The van der Waals surface area contributed by atoms with Crippen molar-refractivity contribution >= 4 is 23.1 Å². The zero-order chi connectivity index (χ0) is 21.1. The Hall–Kier alpha value is -2.95. The van der Waals surface area contributed by atoms with Crippen LogP contribution < -0.4 is 4.90 Å². The predicted molar refractivity (Wildman–Crippen MR) is 116 cm³/mol. The highest BCUT2D eigenvalue weighted by molar-refractivity contribution is 6.36. The monoisotopic (exact) mass is 406 g/mol. The van der Waals surface area contributed by atoms with Crippen LogP contribution >= 0.6 is 0 Å². The largest absolute Gasteiger partial charge is 0.337 e. The van der Waals surface area contributed by atoms with Gasteiger partial charge in [-0.2, -0.15) is 0 Å². The van der Waals surface area contributed by atoms with Crippen molar-refractivity contribution in [3.05, 3.63) is 71.7 Å². The highest BCUT2D eigenvalue weighted by Gasteiger charge is 2.44. The molecule has 0 spiro atoms. The van der Waals surface area contributed by atoms with Crippen molar-refractivity contribution in [3.63, 3.8) is 0 Å². The lowest BCUT2D eigenvalue weighted by Crippen LogP contribution is -2.42. The van der Waals surface area contributed by atoms with E-state index in [0.717, 1.165) is 44.2 Å². The van der Waals surface area contributed by atoms with Crippen LogP contribution in [-0.2, 0) is 9.59 Å². The highest BCUT2D eigenvalue weighted by Crippen LogP contribution is 2.37. The number of halogens is 1. The Balaban J connectivity index is 1.82. The number of hydrogen-bond acceptors (Lipinski definition) is 3. The fourth-order valence-electron chi connectivity index (χ4n) is 4.59. The van der Waals surface area contributed by atoms with E-state index in [1.165, 1.54) is 17.0 Å². The van der Waals surface area contributed by atoms with Gasteiger partial charge in [0.05, 0.1) is 5.57 Å². The minimum Gasteiger partial charge on any atom is -0.337 e. The van der Waals surface area contributed by atoms with Gasteiger partial charge in [-0.3, -0.25) is 14.5 Å². The fraction of sp³-hybridized carbons (Fsp3) is 0.360. The van der Waals surface area contributed by atoms with E-state index in [4.69, 9.17) is 0 Å². The molecule has 156 valence electrons. The Bertz CT molecular complexity index is 945. The van der Waals surface area contributed by atoms with E-state index in [9.17, 15) is 14.0 Å². The minimum absolute atomic E-state index is 0.0741. The predicted octanol–water partition coefficient (Wildman–Crippen LogP) is 5.15. The van der Waals surface area contributed by atoms with Crippen LogP contribution in [0.3, 0.4) is 0 Å². The van der Waals surface area contributed by atoms with Gasteiger partial charge in [-0.05, 0) is 49.6 Å². The number of amides is 2. The van der Waals surface area contributed by atoms with Crippen molar-refractivity contribution in [2.75, 3.05) is 11.4 Å². The SMILES string of the molecule is CCN(C1=C(c2ccc(F)cc2)C(=O)N(C2CCCCCC2)C1=O)c1ccccc1. The lowest BCUT2D eigenvalue weighted by Gasteiger charge is -2.28. The van der Waals surface area contributed by atoms with E-state index in [0.29, 0.717) is 23.4 Å². The maximum Gasteiger partial charge on any atom is 0.278 e. The average Bonchev–Trinajstić information content (AvgIpc) is 2.93. The Labute approximate surface area is 177 Å². The number of likely N-dealkylation sites (N-methyl/N-ethyl adjacent to an activating group) is 1. The summed E-state index contributed by atoms with van der Waals surface area (Å²) in [5.41, 5.74) is 2.20. The van der Waals surface area contributed by atoms with Crippen molar-refractivity contribution in [3.8, 4) is 0 Å². The maximum absolute atomic E-state index is 13.7. The summed E-state index contributed by atoms with van der Waals surface area (Å²) in [5, 5.41) is 0. The Morgan fingerprint density at radius 1 is 0.900 bits per heavy atom. The van der Waals surface area contributed by atoms with Crippen molar-refractivity contribution in [2.45, 2.75) is 51.5 Å². The third-order valence-electron chi connectivity index (χ3n) is 6.07. The molecule has 1 aliphatic carbocycles. The van der Waals surface area contributed by atoms with Crippen LogP contribution in [0.15, 0.2) is 60.3 Å². The number of nitrogens with zero attached hydrogens (tertiary/aromatic N) is 2. The maximum atomic E-state index is 13.7. The zero-order valence-electron chi connectivity index (χ0n) is 17.3. The number of anilines is 1. The molecule has 0 unspecified atom stereocenters. The Morgan fingerprint density at radius 2 is 1.53 bits per heavy atom. The van der Waals surface area contributed by atoms with Crippen molar-refractivity contribution in [1.29, 1.82) is 0 Å². The molecule has 2 amide bonds. The molecule has 2 aliphatic rings. The van der Waals surface area contributed by atoms with Gasteiger partial charge >= 0.3 is 0 Å². The van der Waals surface area contributed by atoms with Crippen LogP contribution in [0.4, 0.5) is 10.1 Å². The summed E-state index contributed by atoms with van der Waals surface area (Å²) >= 11 is 0. The first kappa shape index (κ1) is 20.3. The normalized spacial score (nSPS) is 18.1. The van der Waals surface area contributed by atoms with Crippen molar-refractivity contribution in [2.24, 2.45) is 0 Å². The number of para-hydroxylation sites is 1. The molecular weight excluding hydrogens is 379 g/mol. The summed E-state index contributed by atoms with van der Waals surface area (Å²) in [6.07, 6.45) is 6.03. The first-order chi connectivity index (χ1) is 14.6. The van der Waals surface area contributed by atoms with Gasteiger partial charge in [-0.25, -0.2) is 4.39 Å². The van der Waals surface area contributed by atoms with Gasteiger partial charge < -0.3 is 4.90 Å². The molecular formula is C25H27FN2O2. The van der Waals surface area contributed by atoms with Crippen LogP contribution in [-0.4, -0.2) is 29.3 Å². The van der Waals surface area contributed by atoms with E-state index in [1.54, 1.807) is 12.1 Å². The van der Waals surface area contributed by atoms with E-state index >= 15 is 0 Å². The Morgan fingerprint density at radius 3 is 2.13 bits per heavy atom. The molecule has 1 saturated carbocycles. The molecule has 1 aliphatic heterocycles. The molecule has 2 aromatic rings. The topological polar surface area (TPSA) is 40.6 Å². The molecule has 1 fully saturated rings. The smallest absolute Gasteiger partial charge is 0.278 e. The summed E-state index contributed by atoms with van der Waals surface area (Å²) in [5.74, 6) is -0.867. The van der Waals surface area contributed by atoms with Crippen molar-refractivity contribution < 1.29 is 14.0 Å². The molecule has 0 atom stereocenters. The van der Waals surface area contributed by atoms with Gasteiger partial charge in [-0.1, -0.05) is 56.0 Å². The minimum atomic E-state index is -0.367. The number of rotatable bonds is 5. The standard InChI is InChI=1S/C25H27FN2O2/c1-2-27(20-10-8-5-9-11-20)23-22(18-14-16-19(26)17-15-18)24(29)28(25(23)30)21-12-6-3-4-7-13-21/h5,8-11,14-17,21H,2-4,6-7,12-13H2,1H3. The first-order valence-electron chi connectivity index (χ1n) is 10.8. The molecule has 2 aromatic carbocycles. The second-order valence-electron chi connectivity index (χ2n) is 7.94. The molecule has 0 aromatic heterocycles.